The average Bonchev–Trinajstić information content (AvgIpc) is 3.43. The molecule has 0 fully saturated rings. The highest BCUT2D eigenvalue weighted by Crippen LogP contribution is 2.27. The highest BCUT2D eigenvalue weighted by molar-refractivity contribution is 7.15. The van der Waals surface area contributed by atoms with Crippen LogP contribution in [0.15, 0.2) is 18.3 Å². The maximum absolute atomic E-state index is 13.0. The Balaban J connectivity index is 1.40. The van der Waals surface area contributed by atoms with Crippen molar-refractivity contribution in [2.24, 2.45) is 0 Å². The smallest absolute Gasteiger partial charge is 0.264 e. The van der Waals surface area contributed by atoms with Crippen LogP contribution in [0.4, 0.5) is 0 Å². The zero-order chi connectivity index (χ0) is 24.4. The summed E-state index contributed by atoms with van der Waals surface area (Å²) in [5, 5.41) is 10.2. The van der Waals surface area contributed by atoms with Crippen molar-refractivity contribution in [3.05, 3.63) is 67.4 Å². The second-order valence-electron chi connectivity index (χ2n) is 8.71. The van der Waals surface area contributed by atoms with Gasteiger partial charge in [0.2, 0.25) is 5.91 Å². The van der Waals surface area contributed by atoms with Crippen molar-refractivity contribution in [1.29, 1.82) is 0 Å². The molecule has 3 aromatic rings. The van der Waals surface area contributed by atoms with Crippen molar-refractivity contribution in [1.82, 2.24) is 25.4 Å². The number of pyridine rings is 1. The summed E-state index contributed by atoms with van der Waals surface area (Å²) in [6, 6.07) is 3.43. The summed E-state index contributed by atoms with van der Waals surface area (Å²) < 4.78 is 0. The molecule has 178 valence electrons. The first-order valence-electron chi connectivity index (χ1n) is 11.4. The minimum absolute atomic E-state index is 0.0106. The van der Waals surface area contributed by atoms with E-state index in [4.69, 9.17) is 0 Å². The molecule has 8 nitrogen and oxygen atoms in total. The Labute approximate surface area is 202 Å². The number of ketones is 1. The molecule has 0 saturated heterocycles. The molecule has 0 bridgehead atoms. The number of fused-ring (bicyclic) bond motifs is 1. The molecule has 0 atom stereocenters. The number of aromatic nitrogens is 3. The van der Waals surface area contributed by atoms with Gasteiger partial charge in [0.25, 0.3) is 5.91 Å². The van der Waals surface area contributed by atoms with Crippen LogP contribution in [0.3, 0.4) is 0 Å². The maximum Gasteiger partial charge on any atom is 0.264 e. The molecule has 0 radical (unpaired) electrons. The fraction of sp³-hybridized carbons (Fsp3) is 0.400. The molecule has 9 heteroatoms. The third-order valence-corrected chi connectivity index (χ3v) is 7.57. The Hall–Kier alpha value is -3.33. The van der Waals surface area contributed by atoms with E-state index in [2.05, 4.69) is 20.5 Å². The van der Waals surface area contributed by atoms with Crippen molar-refractivity contribution in [2.75, 3.05) is 6.54 Å². The standard InChI is InChI=1S/C25H29N5O3S/c1-14-21(12-27-24(32)8-5-19-15(2)28-29-16(19)3)20-9-10-30(13-18(20)11-26-14)25(33)23-7-6-22(34-23)17(4)31/h6-7,11H,5,8-10,12-13H2,1-4H3,(H,27,32)(H,28,29). The highest BCUT2D eigenvalue weighted by Gasteiger charge is 2.26. The van der Waals surface area contributed by atoms with Gasteiger partial charge in [0, 0.05) is 43.6 Å². The predicted molar refractivity (Wildman–Crippen MR) is 130 cm³/mol. The molecule has 1 aliphatic heterocycles. The minimum atomic E-state index is -0.0663. The monoisotopic (exact) mass is 479 g/mol. The van der Waals surface area contributed by atoms with Gasteiger partial charge >= 0.3 is 0 Å². The van der Waals surface area contributed by atoms with Crippen molar-refractivity contribution in [3.63, 3.8) is 0 Å². The van der Waals surface area contributed by atoms with Crippen LogP contribution in [-0.2, 0) is 30.7 Å². The Bertz CT molecular complexity index is 1240. The zero-order valence-corrected chi connectivity index (χ0v) is 20.8. The lowest BCUT2D eigenvalue weighted by atomic mass is 9.94. The van der Waals surface area contributed by atoms with Crippen LogP contribution in [-0.4, -0.2) is 44.2 Å². The number of rotatable bonds is 7. The van der Waals surface area contributed by atoms with Crippen LogP contribution in [0.5, 0.6) is 0 Å². The summed E-state index contributed by atoms with van der Waals surface area (Å²) in [4.78, 5) is 44.6. The van der Waals surface area contributed by atoms with E-state index in [1.54, 1.807) is 17.0 Å². The third-order valence-electron chi connectivity index (χ3n) is 6.39. The third kappa shape index (κ3) is 4.94. The van der Waals surface area contributed by atoms with Gasteiger partial charge in [-0.1, -0.05) is 0 Å². The van der Waals surface area contributed by atoms with E-state index in [1.807, 2.05) is 27.0 Å². The Morgan fingerprint density at radius 3 is 2.56 bits per heavy atom. The lowest BCUT2D eigenvalue weighted by Crippen LogP contribution is -2.36. The molecule has 4 rings (SSSR count). The predicted octanol–water partition coefficient (Wildman–Crippen LogP) is 3.44. The molecule has 0 aromatic carbocycles. The number of thiophene rings is 1. The lowest BCUT2D eigenvalue weighted by molar-refractivity contribution is -0.121. The number of hydrogen-bond donors (Lipinski definition) is 2. The Morgan fingerprint density at radius 2 is 1.88 bits per heavy atom. The number of carbonyl (C=O) groups is 3. The second-order valence-corrected chi connectivity index (χ2v) is 9.80. The van der Waals surface area contributed by atoms with Gasteiger partial charge in [-0.05, 0) is 74.9 Å². The lowest BCUT2D eigenvalue weighted by Gasteiger charge is -2.30. The fourth-order valence-electron chi connectivity index (χ4n) is 4.38. The van der Waals surface area contributed by atoms with Gasteiger partial charge in [0.1, 0.15) is 0 Å². The summed E-state index contributed by atoms with van der Waals surface area (Å²) in [5.74, 6) is -0.110. The zero-order valence-electron chi connectivity index (χ0n) is 19.9. The maximum atomic E-state index is 13.0. The first-order chi connectivity index (χ1) is 16.2. The molecule has 3 aromatic heterocycles. The molecular formula is C25H29N5O3S. The molecule has 4 heterocycles. The Morgan fingerprint density at radius 1 is 1.12 bits per heavy atom. The molecule has 0 spiro atoms. The van der Waals surface area contributed by atoms with Crippen LogP contribution in [0.1, 0.15) is 72.0 Å². The van der Waals surface area contributed by atoms with Crippen molar-refractivity contribution in [2.45, 2.75) is 60.0 Å². The summed E-state index contributed by atoms with van der Waals surface area (Å²) in [6.07, 6.45) is 3.58. The van der Waals surface area contributed by atoms with Crippen LogP contribution in [0.2, 0.25) is 0 Å². The number of aryl methyl sites for hydroxylation is 3. The van der Waals surface area contributed by atoms with Crippen LogP contribution in [0.25, 0.3) is 0 Å². The fourth-order valence-corrected chi connectivity index (χ4v) is 5.25. The number of aromatic amines is 1. The number of nitrogens with one attached hydrogen (secondary N) is 2. The Kier molecular flexibility index (Phi) is 6.92. The molecule has 0 aliphatic carbocycles. The van der Waals surface area contributed by atoms with Crippen molar-refractivity contribution in [3.8, 4) is 0 Å². The second kappa shape index (κ2) is 9.89. The van der Waals surface area contributed by atoms with E-state index in [1.165, 1.54) is 18.3 Å². The first-order valence-corrected chi connectivity index (χ1v) is 12.2. The van der Waals surface area contributed by atoms with Crippen LogP contribution >= 0.6 is 11.3 Å². The van der Waals surface area contributed by atoms with E-state index in [0.717, 1.165) is 39.3 Å². The van der Waals surface area contributed by atoms with Gasteiger partial charge in [-0.2, -0.15) is 5.10 Å². The molecule has 0 unspecified atom stereocenters. The normalized spacial score (nSPS) is 13.0. The number of Topliss-reactive ketones (excluding diaryl/α,β-unsaturated/α-hetero) is 1. The summed E-state index contributed by atoms with van der Waals surface area (Å²) in [7, 11) is 0. The molecule has 2 N–H and O–H groups in total. The number of hydrogen-bond acceptors (Lipinski definition) is 6. The van der Waals surface area contributed by atoms with Gasteiger partial charge in [-0.25, -0.2) is 0 Å². The van der Waals surface area contributed by atoms with Gasteiger partial charge in [-0.15, -0.1) is 11.3 Å². The number of nitrogens with zero attached hydrogens (tertiary/aromatic N) is 3. The van der Waals surface area contributed by atoms with Gasteiger partial charge in [0.15, 0.2) is 5.78 Å². The molecule has 1 aliphatic rings. The molecule has 2 amide bonds. The SMILES string of the molecule is CC(=O)c1ccc(C(=O)N2CCc3c(cnc(C)c3CNC(=O)CCc3c(C)n[nH]c3C)C2)s1. The number of amides is 2. The van der Waals surface area contributed by atoms with Crippen molar-refractivity contribution >= 4 is 28.9 Å². The topological polar surface area (TPSA) is 108 Å². The van der Waals surface area contributed by atoms with E-state index in [9.17, 15) is 14.4 Å². The van der Waals surface area contributed by atoms with E-state index in [-0.39, 0.29) is 17.6 Å². The van der Waals surface area contributed by atoms with E-state index >= 15 is 0 Å². The molecular weight excluding hydrogens is 450 g/mol. The summed E-state index contributed by atoms with van der Waals surface area (Å²) >= 11 is 1.24. The first kappa shape index (κ1) is 23.8. The van der Waals surface area contributed by atoms with Gasteiger partial charge < -0.3 is 10.2 Å². The average molecular weight is 480 g/mol. The number of carbonyl (C=O) groups excluding carboxylic acids is 3. The molecule has 34 heavy (non-hydrogen) atoms. The van der Waals surface area contributed by atoms with Crippen LogP contribution in [0, 0.1) is 20.8 Å². The van der Waals surface area contributed by atoms with E-state index < -0.39 is 0 Å². The largest absolute Gasteiger partial charge is 0.352 e. The number of H-pyrrole nitrogens is 1. The highest BCUT2D eigenvalue weighted by atomic mass is 32.1. The van der Waals surface area contributed by atoms with Crippen LogP contribution < -0.4 is 5.32 Å². The van der Waals surface area contributed by atoms with Gasteiger partial charge in [-0.3, -0.25) is 24.5 Å². The molecule has 0 saturated carbocycles. The summed E-state index contributed by atoms with van der Waals surface area (Å²) in [6.45, 7) is 8.84. The summed E-state index contributed by atoms with van der Waals surface area (Å²) in [5.41, 5.74) is 7.11. The minimum Gasteiger partial charge on any atom is -0.352 e. The van der Waals surface area contributed by atoms with Gasteiger partial charge in [0.05, 0.1) is 15.4 Å². The van der Waals surface area contributed by atoms with Crippen molar-refractivity contribution < 1.29 is 14.4 Å². The quantitative estimate of drug-likeness (QED) is 0.505. The van der Waals surface area contributed by atoms with E-state index in [0.29, 0.717) is 48.7 Å².